The van der Waals surface area contributed by atoms with Crippen LogP contribution in [0.15, 0.2) is 29.2 Å². The van der Waals surface area contributed by atoms with Gasteiger partial charge in [0.1, 0.15) is 0 Å². The Kier molecular flexibility index (Phi) is 3.37. The van der Waals surface area contributed by atoms with Gasteiger partial charge in [0.2, 0.25) is 0 Å². The molecule has 1 aromatic carbocycles. The molecule has 0 saturated heterocycles. The maximum Gasteiger partial charge on any atom is 0.338 e. The molecule has 0 aromatic heterocycles. The SMILES string of the molecule is CC(C)OC(=O)c1cccc(S)c1. The topological polar surface area (TPSA) is 26.3 Å². The summed E-state index contributed by atoms with van der Waals surface area (Å²) in [5.41, 5.74) is 0.543. The Morgan fingerprint density at radius 1 is 1.46 bits per heavy atom. The number of ether oxygens (including phenoxy) is 1. The lowest BCUT2D eigenvalue weighted by Crippen LogP contribution is -2.11. The number of esters is 1. The monoisotopic (exact) mass is 196 g/mol. The van der Waals surface area contributed by atoms with E-state index >= 15 is 0 Å². The predicted octanol–water partition coefficient (Wildman–Crippen LogP) is 2.54. The van der Waals surface area contributed by atoms with Gasteiger partial charge in [-0.2, -0.15) is 0 Å². The molecule has 0 spiro atoms. The molecule has 0 aliphatic rings. The molecule has 2 nitrogen and oxygen atoms in total. The van der Waals surface area contributed by atoms with Crippen LogP contribution in [0, 0.1) is 0 Å². The second-order valence-electron chi connectivity index (χ2n) is 3.00. The van der Waals surface area contributed by atoms with Gasteiger partial charge in [-0.15, -0.1) is 12.6 Å². The molecule has 0 aliphatic carbocycles. The van der Waals surface area contributed by atoms with Crippen molar-refractivity contribution in [2.24, 2.45) is 0 Å². The molecule has 0 atom stereocenters. The van der Waals surface area contributed by atoms with Crippen LogP contribution in [-0.2, 0) is 4.74 Å². The molecule has 0 N–H and O–H groups in total. The van der Waals surface area contributed by atoms with Crippen LogP contribution in [0.25, 0.3) is 0 Å². The van der Waals surface area contributed by atoms with E-state index in [2.05, 4.69) is 12.6 Å². The minimum absolute atomic E-state index is 0.0870. The lowest BCUT2D eigenvalue weighted by Gasteiger charge is -2.07. The van der Waals surface area contributed by atoms with E-state index in [0.29, 0.717) is 5.56 Å². The average molecular weight is 196 g/mol. The van der Waals surface area contributed by atoms with Crippen molar-refractivity contribution in [3.05, 3.63) is 29.8 Å². The van der Waals surface area contributed by atoms with E-state index < -0.39 is 0 Å². The molecule has 0 saturated carbocycles. The Morgan fingerprint density at radius 2 is 2.15 bits per heavy atom. The number of rotatable bonds is 2. The first-order chi connectivity index (χ1) is 6.09. The summed E-state index contributed by atoms with van der Waals surface area (Å²) < 4.78 is 5.02. The maximum absolute atomic E-state index is 11.4. The van der Waals surface area contributed by atoms with Crippen molar-refractivity contribution in [2.45, 2.75) is 24.8 Å². The zero-order valence-corrected chi connectivity index (χ0v) is 8.54. The largest absolute Gasteiger partial charge is 0.459 e. The molecule has 0 fully saturated rings. The number of hydrogen-bond acceptors (Lipinski definition) is 3. The number of carbonyl (C=O) groups excluding carboxylic acids is 1. The first-order valence-corrected chi connectivity index (χ1v) is 4.54. The minimum atomic E-state index is -0.300. The molecule has 0 unspecified atom stereocenters. The third-order valence-electron chi connectivity index (χ3n) is 1.42. The summed E-state index contributed by atoms with van der Waals surface area (Å²) in [5, 5.41) is 0. The van der Waals surface area contributed by atoms with Crippen molar-refractivity contribution in [2.75, 3.05) is 0 Å². The quantitative estimate of drug-likeness (QED) is 0.581. The van der Waals surface area contributed by atoms with E-state index in [4.69, 9.17) is 4.74 Å². The van der Waals surface area contributed by atoms with Crippen molar-refractivity contribution in [3.63, 3.8) is 0 Å². The first-order valence-electron chi connectivity index (χ1n) is 4.09. The Hall–Kier alpha value is -0.960. The second kappa shape index (κ2) is 4.33. The van der Waals surface area contributed by atoms with Crippen molar-refractivity contribution < 1.29 is 9.53 Å². The van der Waals surface area contributed by atoms with Crippen molar-refractivity contribution in [3.8, 4) is 0 Å². The fourth-order valence-electron chi connectivity index (χ4n) is 0.915. The van der Waals surface area contributed by atoms with Crippen LogP contribution in [0.1, 0.15) is 24.2 Å². The number of carbonyl (C=O) groups is 1. The summed E-state index contributed by atoms with van der Waals surface area (Å²) in [6, 6.07) is 6.99. The van der Waals surface area contributed by atoms with Gasteiger partial charge in [-0.3, -0.25) is 0 Å². The molecule has 0 aliphatic heterocycles. The van der Waals surface area contributed by atoms with Crippen molar-refractivity contribution in [1.82, 2.24) is 0 Å². The van der Waals surface area contributed by atoms with Crippen LogP contribution in [0.5, 0.6) is 0 Å². The highest BCUT2D eigenvalue weighted by atomic mass is 32.1. The van der Waals surface area contributed by atoms with Gasteiger partial charge in [0.25, 0.3) is 0 Å². The molecule has 0 bridgehead atoms. The lowest BCUT2D eigenvalue weighted by atomic mass is 10.2. The van der Waals surface area contributed by atoms with Gasteiger partial charge in [0, 0.05) is 4.90 Å². The van der Waals surface area contributed by atoms with Gasteiger partial charge in [-0.05, 0) is 32.0 Å². The molecule has 3 heteroatoms. The zero-order valence-electron chi connectivity index (χ0n) is 7.65. The van der Waals surface area contributed by atoms with Crippen LogP contribution < -0.4 is 0 Å². The molecule has 1 aromatic rings. The Morgan fingerprint density at radius 3 is 2.69 bits per heavy atom. The molecule has 0 radical (unpaired) electrons. The zero-order chi connectivity index (χ0) is 9.84. The van der Waals surface area contributed by atoms with Crippen LogP contribution >= 0.6 is 12.6 Å². The highest BCUT2D eigenvalue weighted by Gasteiger charge is 2.08. The van der Waals surface area contributed by atoms with Crippen LogP contribution in [0.3, 0.4) is 0 Å². The molecule has 0 amide bonds. The lowest BCUT2D eigenvalue weighted by molar-refractivity contribution is 0.0377. The van der Waals surface area contributed by atoms with Crippen LogP contribution in [-0.4, -0.2) is 12.1 Å². The molecule has 0 heterocycles. The van der Waals surface area contributed by atoms with Gasteiger partial charge >= 0.3 is 5.97 Å². The average Bonchev–Trinajstić information content (AvgIpc) is 2.03. The van der Waals surface area contributed by atoms with E-state index in [9.17, 15) is 4.79 Å². The third kappa shape index (κ3) is 3.11. The predicted molar refractivity (Wildman–Crippen MR) is 54.2 cm³/mol. The molecular weight excluding hydrogens is 184 g/mol. The van der Waals surface area contributed by atoms with E-state index in [-0.39, 0.29) is 12.1 Å². The Bertz CT molecular complexity index is 308. The number of thiol groups is 1. The fourth-order valence-corrected chi connectivity index (χ4v) is 1.14. The van der Waals surface area contributed by atoms with Gasteiger partial charge in [0.05, 0.1) is 11.7 Å². The molecule has 13 heavy (non-hydrogen) atoms. The number of hydrogen-bond donors (Lipinski definition) is 1. The molecule has 70 valence electrons. The standard InChI is InChI=1S/C10H12O2S/c1-7(2)12-10(11)8-4-3-5-9(13)6-8/h3-7,13H,1-2H3. The van der Waals surface area contributed by atoms with Gasteiger partial charge in [-0.25, -0.2) is 4.79 Å². The van der Waals surface area contributed by atoms with E-state index in [1.54, 1.807) is 18.2 Å². The highest BCUT2D eigenvalue weighted by molar-refractivity contribution is 7.80. The van der Waals surface area contributed by atoms with Crippen LogP contribution in [0.2, 0.25) is 0 Å². The summed E-state index contributed by atoms with van der Waals surface area (Å²) >= 11 is 4.13. The molecular formula is C10H12O2S. The van der Waals surface area contributed by atoms with Crippen molar-refractivity contribution in [1.29, 1.82) is 0 Å². The smallest absolute Gasteiger partial charge is 0.338 e. The third-order valence-corrected chi connectivity index (χ3v) is 1.70. The number of benzene rings is 1. The summed E-state index contributed by atoms with van der Waals surface area (Å²) in [4.78, 5) is 12.1. The van der Waals surface area contributed by atoms with Gasteiger partial charge < -0.3 is 4.74 Å². The molecule has 1 rings (SSSR count). The minimum Gasteiger partial charge on any atom is -0.459 e. The highest BCUT2D eigenvalue weighted by Crippen LogP contribution is 2.10. The van der Waals surface area contributed by atoms with Crippen LogP contribution in [0.4, 0.5) is 0 Å². The summed E-state index contributed by atoms with van der Waals surface area (Å²) in [7, 11) is 0. The van der Waals surface area contributed by atoms with Gasteiger partial charge in [0.15, 0.2) is 0 Å². The summed E-state index contributed by atoms with van der Waals surface area (Å²) in [6.07, 6.45) is -0.0870. The fraction of sp³-hybridized carbons (Fsp3) is 0.300. The Labute approximate surface area is 83.3 Å². The summed E-state index contributed by atoms with van der Waals surface area (Å²) in [6.45, 7) is 3.64. The van der Waals surface area contributed by atoms with Gasteiger partial charge in [-0.1, -0.05) is 6.07 Å². The second-order valence-corrected chi connectivity index (χ2v) is 3.52. The van der Waals surface area contributed by atoms with Crippen molar-refractivity contribution >= 4 is 18.6 Å². The Balaban J connectivity index is 2.77. The van der Waals surface area contributed by atoms with E-state index in [0.717, 1.165) is 4.90 Å². The summed E-state index contributed by atoms with van der Waals surface area (Å²) in [5.74, 6) is -0.300. The van der Waals surface area contributed by atoms with E-state index in [1.165, 1.54) is 0 Å². The maximum atomic E-state index is 11.4. The normalized spacial score (nSPS) is 10.2. The first kappa shape index (κ1) is 10.1. The van der Waals surface area contributed by atoms with E-state index in [1.807, 2.05) is 19.9 Å².